The van der Waals surface area contributed by atoms with Crippen molar-refractivity contribution in [3.8, 4) is 5.75 Å². The molecule has 0 saturated carbocycles. The fraction of sp³-hybridized carbons (Fsp3) is 0.278. The summed E-state index contributed by atoms with van der Waals surface area (Å²) < 4.78 is 48.3. The van der Waals surface area contributed by atoms with Gasteiger partial charge in [-0.05, 0) is 87.4 Å². The Hall–Kier alpha value is -4.70. The number of amides is 2. The van der Waals surface area contributed by atoms with E-state index in [0.717, 1.165) is 33.1 Å². The number of carbonyl (C=O) groups is 2. The molecule has 0 aliphatic heterocycles. The number of benzene rings is 4. The van der Waals surface area contributed by atoms with Crippen molar-refractivity contribution in [3.05, 3.63) is 126 Å². The first-order valence-corrected chi connectivity index (χ1v) is 16.3. The summed E-state index contributed by atoms with van der Waals surface area (Å²) >= 11 is 0. The van der Waals surface area contributed by atoms with Gasteiger partial charge in [-0.25, -0.2) is 12.8 Å². The van der Waals surface area contributed by atoms with E-state index < -0.39 is 39.9 Å². The summed E-state index contributed by atoms with van der Waals surface area (Å²) in [5, 5.41) is 3.01. The second-order valence-corrected chi connectivity index (χ2v) is 14.0. The van der Waals surface area contributed by atoms with Crippen molar-refractivity contribution in [2.45, 2.75) is 57.1 Å². The Morgan fingerprint density at radius 1 is 0.870 bits per heavy atom. The van der Waals surface area contributed by atoms with Gasteiger partial charge in [0.05, 0.1) is 17.7 Å². The van der Waals surface area contributed by atoms with E-state index >= 15 is 0 Å². The third kappa shape index (κ3) is 8.94. The van der Waals surface area contributed by atoms with Crippen LogP contribution in [0.15, 0.2) is 108 Å². The Morgan fingerprint density at radius 2 is 1.50 bits per heavy atom. The van der Waals surface area contributed by atoms with Crippen LogP contribution in [0, 0.1) is 12.7 Å². The number of aryl methyl sites for hydroxylation is 1. The topological polar surface area (TPSA) is 96.0 Å². The van der Waals surface area contributed by atoms with Gasteiger partial charge in [0.2, 0.25) is 11.8 Å². The molecule has 1 N–H and O–H groups in total. The molecule has 10 heteroatoms. The Balaban J connectivity index is 1.81. The summed E-state index contributed by atoms with van der Waals surface area (Å²) in [4.78, 5) is 29.8. The first-order valence-electron chi connectivity index (χ1n) is 14.9. The van der Waals surface area contributed by atoms with Crippen LogP contribution >= 0.6 is 0 Å². The molecule has 242 valence electrons. The smallest absolute Gasteiger partial charge is 0.264 e. The van der Waals surface area contributed by atoms with Crippen molar-refractivity contribution in [2.24, 2.45) is 0 Å². The Kier molecular flexibility index (Phi) is 10.8. The predicted octanol–water partition coefficient (Wildman–Crippen LogP) is 5.89. The highest BCUT2D eigenvalue weighted by Gasteiger charge is 2.35. The highest BCUT2D eigenvalue weighted by atomic mass is 32.2. The van der Waals surface area contributed by atoms with Gasteiger partial charge in [0.1, 0.15) is 24.2 Å². The fourth-order valence-electron chi connectivity index (χ4n) is 5.03. The number of anilines is 1. The maximum Gasteiger partial charge on any atom is 0.264 e. The molecular formula is C36H40FN3O5S. The average molecular weight is 646 g/mol. The van der Waals surface area contributed by atoms with Crippen molar-refractivity contribution >= 4 is 27.5 Å². The van der Waals surface area contributed by atoms with Gasteiger partial charge >= 0.3 is 0 Å². The molecule has 0 radical (unpaired) electrons. The Labute approximate surface area is 270 Å². The van der Waals surface area contributed by atoms with Crippen LogP contribution < -0.4 is 14.4 Å². The second-order valence-electron chi connectivity index (χ2n) is 12.1. The third-order valence-electron chi connectivity index (χ3n) is 7.25. The number of sulfonamides is 1. The van der Waals surface area contributed by atoms with E-state index in [0.29, 0.717) is 5.75 Å². The SMILES string of the molecule is COc1ccc(S(=O)(=O)N(CC(=O)N(Cc2cccc(C)c2)C(Cc2ccccc2)C(=O)NC(C)(C)C)c2ccc(F)cc2)cc1. The lowest BCUT2D eigenvalue weighted by Gasteiger charge is -2.35. The molecule has 4 aromatic carbocycles. The fourth-order valence-corrected chi connectivity index (χ4v) is 6.44. The lowest BCUT2D eigenvalue weighted by molar-refractivity contribution is -0.140. The zero-order chi connectivity index (χ0) is 33.5. The Bertz CT molecular complexity index is 1740. The van der Waals surface area contributed by atoms with E-state index in [9.17, 15) is 22.4 Å². The van der Waals surface area contributed by atoms with E-state index in [2.05, 4.69) is 5.32 Å². The summed E-state index contributed by atoms with van der Waals surface area (Å²) in [5.74, 6) is -1.07. The molecule has 0 bridgehead atoms. The number of rotatable bonds is 12. The van der Waals surface area contributed by atoms with Crippen LogP contribution in [0.4, 0.5) is 10.1 Å². The lowest BCUT2D eigenvalue weighted by Crippen LogP contribution is -2.56. The number of halogens is 1. The molecule has 4 rings (SSSR count). The van der Waals surface area contributed by atoms with Gasteiger partial charge < -0.3 is 15.0 Å². The van der Waals surface area contributed by atoms with Crippen molar-refractivity contribution in [2.75, 3.05) is 18.0 Å². The normalized spacial score (nSPS) is 12.2. The minimum absolute atomic E-state index is 0.0510. The van der Waals surface area contributed by atoms with Crippen LogP contribution in [0.2, 0.25) is 0 Å². The minimum atomic E-state index is -4.33. The monoisotopic (exact) mass is 645 g/mol. The molecule has 0 spiro atoms. The molecule has 0 aromatic heterocycles. The second kappa shape index (κ2) is 14.6. The van der Waals surface area contributed by atoms with Crippen LogP contribution in [0.3, 0.4) is 0 Å². The number of nitrogens with zero attached hydrogens (tertiary/aromatic N) is 2. The summed E-state index contributed by atoms with van der Waals surface area (Å²) in [7, 11) is -2.86. The molecule has 0 aliphatic carbocycles. The first kappa shape index (κ1) is 34.2. The first-order chi connectivity index (χ1) is 21.8. The summed E-state index contributed by atoms with van der Waals surface area (Å²) in [5.41, 5.74) is 2.08. The molecular weight excluding hydrogens is 605 g/mol. The number of methoxy groups -OCH3 is 1. The average Bonchev–Trinajstić information content (AvgIpc) is 3.01. The van der Waals surface area contributed by atoms with Crippen LogP contribution in [0.25, 0.3) is 0 Å². The number of hydrogen-bond acceptors (Lipinski definition) is 5. The maximum absolute atomic E-state index is 14.5. The number of carbonyl (C=O) groups excluding carboxylic acids is 2. The van der Waals surface area contributed by atoms with Gasteiger partial charge in [0, 0.05) is 18.5 Å². The molecule has 46 heavy (non-hydrogen) atoms. The Morgan fingerprint density at radius 3 is 2.09 bits per heavy atom. The van der Waals surface area contributed by atoms with E-state index in [-0.39, 0.29) is 29.5 Å². The summed E-state index contributed by atoms with van der Waals surface area (Å²) in [6, 6.07) is 26.6. The standard InChI is InChI=1S/C36H40FN3O5S/c1-26-10-9-13-28(22-26)24-39(33(35(42)38-36(2,3)4)23-27-11-7-6-8-12-27)34(41)25-40(30-16-14-29(37)15-17-30)46(43,44)32-20-18-31(45-5)19-21-32/h6-22,33H,23-25H2,1-5H3,(H,38,42). The molecule has 0 heterocycles. The largest absolute Gasteiger partial charge is 0.497 e. The molecule has 0 aliphatic rings. The highest BCUT2D eigenvalue weighted by molar-refractivity contribution is 7.92. The molecule has 1 atom stereocenters. The van der Waals surface area contributed by atoms with Crippen LogP contribution in [0.1, 0.15) is 37.5 Å². The van der Waals surface area contributed by atoms with Crippen molar-refractivity contribution in [1.82, 2.24) is 10.2 Å². The summed E-state index contributed by atoms with van der Waals surface area (Å²) in [6.07, 6.45) is 0.197. The van der Waals surface area contributed by atoms with Crippen molar-refractivity contribution in [3.63, 3.8) is 0 Å². The van der Waals surface area contributed by atoms with Gasteiger partial charge in [-0.2, -0.15) is 0 Å². The van der Waals surface area contributed by atoms with Crippen LogP contribution in [-0.4, -0.2) is 50.4 Å². The van der Waals surface area contributed by atoms with E-state index in [4.69, 9.17) is 4.74 Å². The van der Waals surface area contributed by atoms with Crippen molar-refractivity contribution < 1.29 is 27.1 Å². The molecule has 1 unspecified atom stereocenters. The van der Waals surface area contributed by atoms with Crippen LogP contribution in [0.5, 0.6) is 5.75 Å². The molecule has 2 amide bonds. The highest BCUT2D eigenvalue weighted by Crippen LogP contribution is 2.27. The molecule has 0 fully saturated rings. The van der Waals surface area contributed by atoms with E-state index in [1.165, 1.54) is 48.4 Å². The number of hydrogen-bond donors (Lipinski definition) is 1. The summed E-state index contributed by atoms with van der Waals surface area (Å²) in [6.45, 7) is 6.91. The molecule has 4 aromatic rings. The predicted molar refractivity (Wildman–Crippen MR) is 177 cm³/mol. The van der Waals surface area contributed by atoms with Gasteiger partial charge in [-0.15, -0.1) is 0 Å². The molecule has 8 nitrogen and oxygen atoms in total. The van der Waals surface area contributed by atoms with Gasteiger partial charge in [-0.3, -0.25) is 13.9 Å². The van der Waals surface area contributed by atoms with Gasteiger partial charge in [0.15, 0.2) is 0 Å². The van der Waals surface area contributed by atoms with E-state index in [1.54, 1.807) is 0 Å². The third-order valence-corrected chi connectivity index (χ3v) is 9.03. The number of ether oxygens (including phenoxy) is 1. The zero-order valence-corrected chi connectivity index (χ0v) is 27.6. The molecule has 0 saturated heterocycles. The quantitative estimate of drug-likeness (QED) is 0.207. The minimum Gasteiger partial charge on any atom is -0.497 e. The van der Waals surface area contributed by atoms with Gasteiger partial charge in [0.25, 0.3) is 10.0 Å². The zero-order valence-electron chi connectivity index (χ0n) is 26.7. The van der Waals surface area contributed by atoms with Crippen molar-refractivity contribution in [1.29, 1.82) is 0 Å². The van der Waals surface area contributed by atoms with Crippen LogP contribution in [-0.2, 0) is 32.6 Å². The van der Waals surface area contributed by atoms with E-state index in [1.807, 2.05) is 82.3 Å². The maximum atomic E-state index is 14.5. The van der Waals surface area contributed by atoms with Gasteiger partial charge in [-0.1, -0.05) is 60.2 Å². The number of nitrogens with one attached hydrogen (secondary N) is 1. The lowest BCUT2D eigenvalue weighted by atomic mass is 10.0.